The van der Waals surface area contributed by atoms with Crippen LogP contribution in [0.15, 0.2) is 87.2 Å². The molecule has 3 heterocycles. The molecule has 0 radical (unpaired) electrons. The lowest BCUT2D eigenvalue weighted by molar-refractivity contribution is -0.384. The van der Waals surface area contributed by atoms with Crippen LogP contribution in [0.25, 0.3) is 11.0 Å². The molecule has 2 aliphatic heterocycles. The van der Waals surface area contributed by atoms with Gasteiger partial charge in [0.1, 0.15) is 23.6 Å². The number of nitrogens with zero attached hydrogens (tertiary/aromatic N) is 2. The summed E-state index contributed by atoms with van der Waals surface area (Å²) in [6.45, 7) is 3.35. The summed E-state index contributed by atoms with van der Waals surface area (Å²) < 4.78 is 16.0. The van der Waals surface area contributed by atoms with E-state index in [1.165, 1.54) is 17.9 Å². The van der Waals surface area contributed by atoms with E-state index in [2.05, 4.69) is 0 Å². The van der Waals surface area contributed by atoms with Crippen LogP contribution in [0.4, 0.5) is 5.69 Å². The number of hydrogen-bond donors (Lipinski definition) is 1. The van der Waals surface area contributed by atoms with Gasteiger partial charge in [0.05, 0.1) is 28.6 Å². The number of carbonyl (C=O) groups excluding carboxylic acids is 3. The minimum Gasteiger partial charge on any atom is -0.489 e. The maximum Gasteiger partial charge on any atom is 0.363 e. The molecule has 5 rings (SSSR count). The monoisotopic (exact) mass is 560 g/mol. The molecule has 3 aromatic rings. The maximum absolute atomic E-state index is 13.2. The molecule has 0 aliphatic carbocycles. The minimum atomic E-state index is -1.06. The van der Waals surface area contributed by atoms with E-state index in [0.717, 1.165) is 29.7 Å². The van der Waals surface area contributed by atoms with Crippen molar-refractivity contribution in [2.75, 3.05) is 6.61 Å². The summed E-state index contributed by atoms with van der Waals surface area (Å²) in [5.74, 6) is -3.24. The number of benzene rings is 2. The summed E-state index contributed by atoms with van der Waals surface area (Å²) in [6.07, 6.45) is 2.27. The van der Waals surface area contributed by atoms with Gasteiger partial charge in [-0.1, -0.05) is 13.0 Å². The number of aliphatic hydroxyl groups excluding tert-OH is 1. The first kappa shape index (κ1) is 27.5. The number of β-lactam (4-membered cyclic amide) rings is 1. The Morgan fingerprint density at radius 2 is 1.83 bits per heavy atom. The van der Waals surface area contributed by atoms with Crippen LogP contribution < -0.4 is 10.4 Å². The number of aliphatic hydroxyl groups is 1. The van der Waals surface area contributed by atoms with Gasteiger partial charge in [0, 0.05) is 35.6 Å². The van der Waals surface area contributed by atoms with Crippen LogP contribution in [-0.2, 0) is 14.3 Å². The van der Waals surface area contributed by atoms with E-state index in [-0.39, 0.29) is 29.5 Å². The van der Waals surface area contributed by atoms with E-state index >= 15 is 0 Å². The van der Waals surface area contributed by atoms with Gasteiger partial charge in [-0.05, 0) is 48.9 Å². The second kappa shape index (κ2) is 10.8. The Morgan fingerprint density at radius 3 is 2.51 bits per heavy atom. The van der Waals surface area contributed by atoms with Crippen LogP contribution in [0.5, 0.6) is 5.75 Å². The van der Waals surface area contributed by atoms with Gasteiger partial charge >= 0.3 is 17.6 Å². The molecule has 0 unspecified atom stereocenters. The van der Waals surface area contributed by atoms with Crippen molar-refractivity contribution in [2.24, 2.45) is 11.8 Å². The number of nitro benzene ring substituents is 1. The molecular weight excluding hydrogens is 536 g/mol. The predicted molar refractivity (Wildman–Crippen MR) is 143 cm³/mol. The molecule has 1 N–H and O–H groups in total. The third-order valence-electron chi connectivity index (χ3n) is 7.16. The molecule has 1 aromatic heterocycles. The fourth-order valence-electron chi connectivity index (χ4n) is 5.16. The lowest BCUT2D eigenvalue weighted by Crippen LogP contribution is -2.63. The number of fused-ring (bicyclic) bond motifs is 2. The topological polar surface area (TPSA) is 166 Å². The standard InChI is InChI=1S/C29H24N2O10/c1-15-21(4-3-13-39-20-11-7-17-8-12-23(33)40-22(17)14-20)26(30-25(15)24(16(2)32)27(30)34)29(36)41-28(35)18-5-9-19(10-6-18)31(37)38/h3-12,14-16,24-25,32H,13H2,1-2H3/b4-3+/t15-,16+,24+,25+/m0/s1. The number of amides is 1. The summed E-state index contributed by atoms with van der Waals surface area (Å²) in [5.41, 5.74) is -0.148. The van der Waals surface area contributed by atoms with Crippen molar-refractivity contribution in [3.05, 3.63) is 104 Å². The molecular formula is C29H24N2O10. The molecule has 4 atom stereocenters. The highest BCUT2D eigenvalue weighted by Gasteiger charge is 2.59. The van der Waals surface area contributed by atoms with Crippen molar-refractivity contribution in [3.8, 4) is 5.75 Å². The molecule has 2 aromatic carbocycles. The van der Waals surface area contributed by atoms with Gasteiger partial charge in [0.25, 0.3) is 5.69 Å². The maximum atomic E-state index is 13.2. The highest BCUT2D eigenvalue weighted by molar-refractivity contribution is 6.07. The largest absolute Gasteiger partial charge is 0.489 e. The van der Waals surface area contributed by atoms with E-state index in [9.17, 15) is 34.4 Å². The Labute approximate surface area is 232 Å². The molecule has 41 heavy (non-hydrogen) atoms. The summed E-state index contributed by atoms with van der Waals surface area (Å²) in [7, 11) is 0. The van der Waals surface area contributed by atoms with Gasteiger partial charge in [-0.15, -0.1) is 0 Å². The molecule has 0 spiro atoms. The molecule has 12 heteroatoms. The first-order valence-electron chi connectivity index (χ1n) is 12.7. The third kappa shape index (κ3) is 5.12. The highest BCUT2D eigenvalue weighted by Crippen LogP contribution is 2.47. The minimum absolute atomic E-state index is 0.0568. The molecule has 1 saturated heterocycles. The Hall–Kier alpha value is -5.10. The van der Waals surface area contributed by atoms with E-state index in [0.29, 0.717) is 16.9 Å². The van der Waals surface area contributed by atoms with Gasteiger partial charge in [0.2, 0.25) is 5.91 Å². The van der Waals surface area contributed by atoms with Gasteiger partial charge in [-0.3, -0.25) is 14.9 Å². The van der Waals surface area contributed by atoms with Crippen molar-refractivity contribution < 1.29 is 38.3 Å². The van der Waals surface area contributed by atoms with Gasteiger partial charge in [-0.2, -0.15) is 0 Å². The summed E-state index contributed by atoms with van der Waals surface area (Å²) >= 11 is 0. The average Bonchev–Trinajstić information content (AvgIpc) is 3.18. The Bertz CT molecular complexity index is 1690. The molecule has 1 amide bonds. The number of nitro groups is 1. The van der Waals surface area contributed by atoms with Crippen molar-refractivity contribution in [3.63, 3.8) is 0 Å². The normalized spacial score (nSPS) is 20.6. The second-order valence-corrected chi connectivity index (χ2v) is 9.71. The van der Waals surface area contributed by atoms with E-state index in [4.69, 9.17) is 13.9 Å². The van der Waals surface area contributed by atoms with Crippen molar-refractivity contribution in [1.82, 2.24) is 4.90 Å². The molecule has 210 valence electrons. The quantitative estimate of drug-likeness (QED) is 0.108. The fourth-order valence-corrected chi connectivity index (χ4v) is 5.16. The van der Waals surface area contributed by atoms with Crippen molar-refractivity contribution in [1.29, 1.82) is 0 Å². The Balaban J connectivity index is 1.36. The number of allylic oxidation sites excluding steroid dienone is 1. The third-order valence-corrected chi connectivity index (χ3v) is 7.16. The fraction of sp³-hybridized carbons (Fsp3) is 0.241. The number of carbonyl (C=O) groups is 3. The number of hydrogen-bond acceptors (Lipinski definition) is 10. The Kier molecular flexibility index (Phi) is 7.24. The zero-order chi connectivity index (χ0) is 29.4. The number of ether oxygens (including phenoxy) is 2. The van der Waals surface area contributed by atoms with E-state index in [1.54, 1.807) is 43.3 Å². The molecule has 1 fully saturated rings. The van der Waals surface area contributed by atoms with Crippen LogP contribution in [0, 0.1) is 22.0 Å². The average molecular weight is 561 g/mol. The van der Waals surface area contributed by atoms with Crippen LogP contribution in [0.2, 0.25) is 0 Å². The molecule has 12 nitrogen and oxygen atoms in total. The van der Waals surface area contributed by atoms with E-state index < -0.39 is 46.5 Å². The van der Waals surface area contributed by atoms with E-state index in [1.807, 2.05) is 0 Å². The van der Waals surface area contributed by atoms with Crippen molar-refractivity contribution in [2.45, 2.75) is 26.0 Å². The second-order valence-electron chi connectivity index (χ2n) is 9.71. The summed E-state index contributed by atoms with van der Waals surface area (Å²) in [5, 5.41) is 21.8. The lowest BCUT2D eigenvalue weighted by Gasteiger charge is -2.46. The van der Waals surface area contributed by atoms with Crippen LogP contribution >= 0.6 is 0 Å². The molecule has 2 aliphatic rings. The van der Waals surface area contributed by atoms with Crippen molar-refractivity contribution >= 4 is 34.5 Å². The van der Waals surface area contributed by atoms with Crippen LogP contribution in [0.1, 0.15) is 24.2 Å². The smallest absolute Gasteiger partial charge is 0.363 e. The zero-order valence-electron chi connectivity index (χ0n) is 21.9. The molecule has 0 bridgehead atoms. The van der Waals surface area contributed by atoms with Gasteiger partial charge < -0.3 is 23.9 Å². The van der Waals surface area contributed by atoms with Crippen LogP contribution in [0.3, 0.4) is 0 Å². The SMILES string of the molecule is C[C@@H](O)[C@H]1C(=O)N2C(C(=O)OC(=O)c3ccc([N+](=O)[O-])cc3)=C(/C=C/COc3ccc4ccc(=O)oc4c3)[C@H](C)[C@H]12. The summed E-state index contributed by atoms with van der Waals surface area (Å²) in [4.78, 5) is 61.7. The number of non-ortho nitro benzene ring substituents is 1. The summed E-state index contributed by atoms with van der Waals surface area (Å²) in [6, 6.07) is 12.0. The van der Waals surface area contributed by atoms with Gasteiger partial charge in [0.15, 0.2) is 0 Å². The first-order chi connectivity index (χ1) is 19.6. The molecule has 0 saturated carbocycles. The number of rotatable bonds is 8. The Morgan fingerprint density at radius 1 is 1.12 bits per heavy atom. The highest BCUT2D eigenvalue weighted by atomic mass is 16.6. The van der Waals surface area contributed by atoms with Crippen LogP contribution in [-0.4, -0.2) is 51.5 Å². The first-order valence-corrected chi connectivity index (χ1v) is 12.7. The predicted octanol–water partition coefficient (Wildman–Crippen LogP) is 3.13. The number of esters is 2. The van der Waals surface area contributed by atoms with Gasteiger partial charge in [-0.25, -0.2) is 14.4 Å². The zero-order valence-corrected chi connectivity index (χ0v) is 21.9. The lowest BCUT2D eigenvalue weighted by atomic mass is 9.78.